The van der Waals surface area contributed by atoms with Gasteiger partial charge in [-0.25, -0.2) is 15.0 Å². The number of hydrogen-bond acceptors (Lipinski definition) is 6. The second-order valence-electron chi connectivity index (χ2n) is 6.84. The van der Waals surface area contributed by atoms with Crippen LogP contribution in [0.25, 0.3) is 22.2 Å². The maximum Gasteiger partial charge on any atom is 0.145 e. The Morgan fingerprint density at radius 1 is 1.04 bits per heavy atom. The van der Waals surface area contributed by atoms with Crippen molar-refractivity contribution in [1.82, 2.24) is 24.9 Å². The van der Waals surface area contributed by atoms with Crippen molar-refractivity contribution in [1.29, 1.82) is 0 Å². The quantitative estimate of drug-likeness (QED) is 0.544. The molecule has 1 atom stereocenters. The van der Waals surface area contributed by atoms with E-state index in [2.05, 4.69) is 30.2 Å². The van der Waals surface area contributed by atoms with Crippen LogP contribution in [-0.2, 0) is 0 Å². The third-order valence-electron chi connectivity index (χ3n) is 4.62. The lowest BCUT2D eigenvalue weighted by Gasteiger charge is -2.15. The van der Waals surface area contributed by atoms with Crippen molar-refractivity contribution < 1.29 is 4.74 Å². The number of nitrogens with one attached hydrogen (secondary N) is 2. The van der Waals surface area contributed by atoms with Gasteiger partial charge in [0.2, 0.25) is 0 Å². The van der Waals surface area contributed by atoms with Crippen LogP contribution in [0.15, 0.2) is 43.0 Å². The normalized spacial score (nSPS) is 12.1. The highest BCUT2D eigenvalue weighted by Gasteiger charge is 2.15. The summed E-state index contributed by atoms with van der Waals surface area (Å²) in [6.07, 6.45) is 5.21. The summed E-state index contributed by atoms with van der Waals surface area (Å²) in [4.78, 5) is 21.1. The molecular formula is C21H22N6O. The highest BCUT2D eigenvalue weighted by molar-refractivity contribution is 5.96. The van der Waals surface area contributed by atoms with Crippen molar-refractivity contribution in [2.24, 2.45) is 0 Å². The second kappa shape index (κ2) is 7.26. The predicted octanol–water partition coefficient (Wildman–Crippen LogP) is 4.21. The molecule has 0 saturated heterocycles. The first-order valence-electron chi connectivity index (χ1n) is 9.09. The van der Waals surface area contributed by atoms with E-state index in [-0.39, 0.29) is 6.04 Å². The van der Waals surface area contributed by atoms with Crippen LogP contribution in [0.2, 0.25) is 0 Å². The lowest BCUT2D eigenvalue weighted by atomic mass is 10.1. The van der Waals surface area contributed by atoms with Gasteiger partial charge in [-0.2, -0.15) is 0 Å². The van der Waals surface area contributed by atoms with Crippen LogP contribution >= 0.6 is 0 Å². The SMILES string of the molecule is COc1cc(-c2ccc(C)cn2)cc2c(N[C@H](C)c3ncc(C)[nH]3)ncnc12. The van der Waals surface area contributed by atoms with Gasteiger partial charge < -0.3 is 15.0 Å². The molecule has 7 heteroatoms. The first kappa shape index (κ1) is 17.9. The Labute approximate surface area is 163 Å². The molecule has 1 aromatic carbocycles. The molecule has 3 aromatic heterocycles. The maximum absolute atomic E-state index is 5.60. The average molecular weight is 374 g/mol. The number of aryl methyl sites for hydroxylation is 2. The number of nitrogens with zero attached hydrogens (tertiary/aromatic N) is 4. The third kappa shape index (κ3) is 3.38. The van der Waals surface area contributed by atoms with Crippen LogP contribution in [0.5, 0.6) is 5.75 Å². The van der Waals surface area contributed by atoms with Gasteiger partial charge in [-0.05, 0) is 44.5 Å². The van der Waals surface area contributed by atoms with Crippen LogP contribution in [0, 0.1) is 13.8 Å². The number of rotatable bonds is 5. The zero-order valence-electron chi connectivity index (χ0n) is 16.3. The van der Waals surface area contributed by atoms with E-state index in [1.807, 2.05) is 57.4 Å². The fourth-order valence-corrected chi connectivity index (χ4v) is 3.12. The third-order valence-corrected chi connectivity index (χ3v) is 4.62. The predicted molar refractivity (Wildman–Crippen MR) is 109 cm³/mol. The minimum absolute atomic E-state index is 0.0426. The van der Waals surface area contributed by atoms with Gasteiger partial charge in [0.15, 0.2) is 0 Å². The van der Waals surface area contributed by atoms with Crippen molar-refractivity contribution in [3.8, 4) is 17.0 Å². The lowest BCUT2D eigenvalue weighted by Crippen LogP contribution is -2.10. The molecule has 0 aliphatic carbocycles. The Kier molecular flexibility index (Phi) is 4.65. The summed E-state index contributed by atoms with van der Waals surface area (Å²) in [6, 6.07) is 8.00. The Bertz CT molecular complexity index is 1120. The summed E-state index contributed by atoms with van der Waals surface area (Å²) in [5.41, 5.74) is 4.70. The number of imidazole rings is 1. The average Bonchev–Trinajstić information content (AvgIpc) is 3.14. The lowest BCUT2D eigenvalue weighted by molar-refractivity contribution is 0.419. The number of aromatic amines is 1. The molecule has 0 amide bonds. The zero-order valence-corrected chi connectivity index (χ0v) is 16.3. The molecule has 0 aliphatic rings. The van der Waals surface area contributed by atoms with Gasteiger partial charge in [-0.3, -0.25) is 4.98 Å². The number of hydrogen-bond donors (Lipinski definition) is 2. The summed E-state index contributed by atoms with van der Waals surface area (Å²) >= 11 is 0. The Morgan fingerprint density at radius 2 is 1.89 bits per heavy atom. The van der Waals surface area contributed by atoms with E-state index in [1.165, 1.54) is 6.33 Å². The summed E-state index contributed by atoms with van der Waals surface area (Å²) in [5.74, 6) is 2.26. The van der Waals surface area contributed by atoms with Crippen LogP contribution in [0.4, 0.5) is 5.82 Å². The van der Waals surface area contributed by atoms with E-state index >= 15 is 0 Å². The summed E-state index contributed by atoms with van der Waals surface area (Å²) in [5, 5.41) is 4.30. The summed E-state index contributed by atoms with van der Waals surface area (Å²) in [6.45, 7) is 6.04. The number of pyridine rings is 1. The number of benzene rings is 1. The second-order valence-corrected chi connectivity index (χ2v) is 6.84. The molecule has 2 N–H and O–H groups in total. The number of anilines is 1. The zero-order chi connectivity index (χ0) is 19.7. The monoisotopic (exact) mass is 374 g/mol. The van der Waals surface area contributed by atoms with Crippen molar-refractivity contribution in [2.75, 3.05) is 12.4 Å². The Morgan fingerprint density at radius 3 is 2.57 bits per heavy atom. The number of methoxy groups -OCH3 is 1. The summed E-state index contributed by atoms with van der Waals surface area (Å²) < 4.78 is 5.60. The number of H-pyrrole nitrogens is 1. The van der Waals surface area contributed by atoms with E-state index < -0.39 is 0 Å². The van der Waals surface area contributed by atoms with Crippen molar-refractivity contribution in [3.05, 3.63) is 60.1 Å². The van der Waals surface area contributed by atoms with Crippen molar-refractivity contribution >= 4 is 16.7 Å². The largest absolute Gasteiger partial charge is 0.494 e. The summed E-state index contributed by atoms with van der Waals surface area (Å²) in [7, 11) is 1.64. The minimum atomic E-state index is -0.0426. The maximum atomic E-state index is 5.60. The molecule has 4 aromatic rings. The Hall–Kier alpha value is -3.48. The smallest absolute Gasteiger partial charge is 0.145 e. The van der Waals surface area contributed by atoms with Gasteiger partial charge in [0.1, 0.15) is 29.2 Å². The van der Waals surface area contributed by atoms with Crippen LogP contribution in [-0.4, -0.2) is 32.0 Å². The Balaban J connectivity index is 1.80. The minimum Gasteiger partial charge on any atom is -0.494 e. The highest BCUT2D eigenvalue weighted by atomic mass is 16.5. The van der Waals surface area contributed by atoms with Gasteiger partial charge in [-0.1, -0.05) is 6.07 Å². The molecule has 4 rings (SSSR count). The molecule has 142 valence electrons. The van der Waals surface area contributed by atoms with Gasteiger partial charge >= 0.3 is 0 Å². The van der Waals surface area contributed by atoms with Gasteiger partial charge in [0, 0.05) is 29.0 Å². The standard InChI is InChI=1S/C21H22N6O/c1-12-5-6-17(22-9-12)15-7-16-19(18(8-15)28-4)24-11-25-21(16)27-14(3)20-23-10-13(2)26-20/h5-11,14H,1-4H3,(H,23,26)(H,24,25,27)/t14-/m1/s1. The number of fused-ring (bicyclic) bond motifs is 1. The van der Waals surface area contributed by atoms with Crippen LogP contribution < -0.4 is 10.1 Å². The number of aromatic nitrogens is 5. The van der Waals surface area contributed by atoms with Crippen LogP contribution in [0.1, 0.15) is 30.0 Å². The van der Waals surface area contributed by atoms with Crippen LogP contribution in [0.3, 0.4) is 0 Å². The van der Waals surface area contributed by atoms with E-state index in [0.29, 0.717) is 5.75 Å². The van der Waals surface area contributed by atoms with Crippen molar-refractivity contribution in [3.63, 3.8) is 0 Å². The van der Waals surface area contributed by atoms with E-state index in [0.717, 1.165) is 45.1 Å². The number of ether oxygens (including phenoxy) is 1. The van der Waals surface area contributed by atoms with Crippen molar-refractivity contribution in [2.45, 2.75) is 26.8 Å². The molecule has 3 heterocycles. The molecule has 0 aliphatic heterocycles. The van der Waals surface area contributed by atoms with Gasteiger partial charge in [-0.15, -0.1) is 0 Å². The fourth-order valence-electron chi connectivity index (χ4n) is 3.12. The molecule has 0 radical (unpaired) electrons. The topological polar surface area (TPSA) is 88.6 Å². The van der Waals surface area contributed by atoms with Gasteiger partial charge in [0.25, 0.3) is 0 Å². The van der Waals surface area contributed by atoms with E-state index in [1.54, 1.807) is 7.11 Å². The van der Waals surface area contributed by atoms with Gasteiger partial charge in [0.05, 0.1) is 18.8 Å². The molecule has 28 heavy (non-hydrogen) atoms. The molecule has 0 fully saturated rings. The fraction of sp³-hybridized carbons (Fsp3) is 0.238. The molecule has 0 unspecified atom stereocenters. The molecule has 0 saturated carbocycles. The molecule has 0 bridgehead atoms. The van der Waals surface area contributed by atoms with E-state index in [4.69, 9.17) is 4.74 Å². The first-order chi connectivity index (χ1) is 13.5. The molecule has 0 spiro atoms. The van der Waals surface area contributed by atoms with E-state index in [9.17, 15) is 0 Å². The molecule has 7 nitrogen and oxygen atoms in total. The first-order valence-corrected chi connectivity index (χ1v) is 9.09. The highest BCUT2D eigenvalue weighted by Crippen LogP contribution is 2.34. The molecular weight excluding hydrogens is 352 g/mol.